The van der Waals surface area contributed by atoms with Crippen molar-refractivity contribution in [2.45, 2.75) is 77.5 Å². The second kappa shape index (κ2) is 7.40. The molecule has 1 fully saturated rings. The molecule has 21 heavy (non-hydrogen) atoms. The zero-order valence-corrected chi connectivity index (χ0v) is 15.0. The molecule has 0 aromatic rings. The van der Waals surface area contributed by atoms with Gasteiger partial charge in [0.05, 0.1) is 17.8 Å². The normalized spacial score (nSPS) is 24.7. The maximum atomic E-state index is 9.62. The van der Waals surface area contributed by atoms with Crippen molar-refractivity contribution in [3.05, 3.63) is 0 Å². The number of nitrogens with one attached hydrogen (secondary N) is 1. The first-order chi connectivity index (χ1) is 9.61. The quantitative estimate of drug-likeness (QED) is 0.722. The smallest absolute Gasteiger partial charge is 0.0760 e. The van der Waals surface area contributed by atoms with Gasteiger partial charge < -0.3 is 15.2 Å². The van der Waals surface area contributed by atoms with Gasteiger partial charge in [-0.1, -0.05) is 6.92 Å². The first-order valence-corrected chi connectivity index (χ1v) is 8.40. The van der Waals surface area contributed by atoms with E-state index in [1.54, 1.807) is 0 Å². The molecule has 0 aromatic heterocycles. The molecule has 1 heterocycles. The van der Waals surface area contributed by atoms with Gasteiger partial charge in [0.2, 0.25) is 0 Å². The van der Waals surface area contributed by atoms with Crippen LogP contribution in [0.25, 0.3) is 0 Å². The highest BCUT2D eigenvalue weighted by Gasteiger charge is 2.37. The number of rotatable bonds is 8. The third kappa shape index (κ3) is 6.64. The van der Waals surface area contributed by atoms with E-state index in [2.05, 4.69) is 51.8 Å². The first-order valence-electron chi connectivity index (χ1n) is 8.40. The van der Waals surface area contributed by atoms with Crippen LogP contribution >= 0.6 is 0 Å². The van der Waals surface area contributed by atoms with Crippen LogP contribution in [0.1, 0.15) is 60.8 Å². The standard InChI is InChI=1S/C17H36N2O2/c1-7-10-18-17(6,14-20)9-8-11-19-12-15(2,3)21-16(4,5)13-19/h18,20H,7-14H2,1-6H3. The van der Waals surface area contributed by atoms with Gasteiger partial charge in [0, 0.05) is 18.6 Å². The number of hydrogen-bond acceptors (Lipinski definition) is 4. The van der Waals surface area contributed by atoms with Crippen LogP contribution in [0.2, 0.25) is 0 Å². The Morgan fingerprint density at radius 2 is 1.76 bits per heavy atom. The molecule has 0 bridgehead atoms. The molecule has 1 atom stereocenters. The van der Waals surface area contributed by atoms with E-state index < -0.39 is 0 Å². The van der Waals surface area contributed by atoms with E-state index in [9.17, 15) is 5.11 Å². The SMILES string of the molecule is CCCNC(C)(CO)CCCN1CC(C)(C)OC(C)(C)C1. The Balaban J connectivity index is 2.43. The van der Waals surface area contributed by atoms with E-state index in [-0.39, 0.29) is 23.3 Å². The van der Waals surface area contributed by atoms with Gasteiger partial charge in [0.15, 0.2) is 0 Å². The molecule has 126 valence electrons. The Labute approximate surface area is 131 Å². The summed E-state index contributed by atoms with van der Waals surface area (Å²) in [6, 6.07) is 0. The van der Waals surface area contributed by atoms with Crippen LogP contribution in [0.4, 0.5) is 0 Å². The average Bonchev–Trinajstić information content (AvgIpc) is 2.32. The third-order valence-corrected chi connectivity index (χ3v) is 4.12. The van der Waals surface area contributed by atoms with Crippen LogP contribution in [0.5, 0.6) is 0 Å². The van der Waals surface area contributed by atoms with Crippen molar-refractivity contribution in [1.29, 1.82) is 0 Å². The highest BCUT2D eigenvalue weighted by Crippen LogP contribution is 2.28. The molecule has 1 unspecified atom stereocenters. The zero-order valence-electron chi connectivity index (χ0n) is 15.0. The summed E-state index contributed by atoms with van der Waals surface area (Å²) in [5.74, 6) is 0. The summed E-state index contributed by atoms with van der Waals surface area (Å²) in [6.45, 7) is 17.1. The number of aliphatic hydroxyl groups is 1. The fourth-order valence-electron chi connectivity index (χ4n) is 3.45. The van der Waals surface area contributed by atoms with Gasteiger partial charge >= 0.3 is 0 Å². The molecule has 1 aliphatic heterocycles. The summed E-state index contributed by atoms with van der Waals surface area (Å²) in [5, 5.41) is 13.1. The minimum atomic E-state index is -0.146. The van der Waals surface area contributed by atoms with Crippen LogP contribution in [0.3, 0.4) is 0 Å². The summed E-state index contributed by atoms with van der Waals surface area (Å²) in [4.78, 5) is 2.50. The molecular formula is C17H36N2O2. The summed E-state index contributed by atoms with van der Waals surface area (Å²) >= 11 is 0. The van der Waals surface area contributed by atoms with Crippen LogP contribution < -0.4 is 5.32 Å². The predicted octanol–water partition coefficient (Wildman–Crippen LogP) is 2.41. The monoisotopic (exact) mass is 300 g/mol. The fraction of sp³-hybridized carbons (Fsp3) is 1.00. The number of nitrogens with zero attached hydrogens (tertiary/aromatic N) is 1. The van der Waals surface area contributed by atoms with Gasteiger partial charge in [0.25, 0.3) is 0 Å². The summed E-state index contributed by atoms with van der Waals surface area (Å²) in [5.41, 5.74) is -0.307. The second-order valence-electron chi connectivity index (χ2n) is 8.08. The molecule has 2 N–H and O–H groups in total. The maximum Gasteiger partial charge on any atom is 0.0760 e. The van der Waals surface area contributed by atoms with Crippen LogP contribution in [-0.2, 0) is 4.74 Å². The average molecular weight is 300 g/mol. The molecule has 0 amide bonds. The Kier molecular flexibility index (Phi) is 6.66. The van der Waals surface area contributed by atoms with Crippen molar-refractivity contribution >= 4 is 0 Å². The van der Waals surface area contributed by atoms with Crippen molar-refractivity contribution < 1.29 is 9.84 Å². The molecule has 4 heteroatoms. The molecule has 0 saturated carbocycles. The molecule has 0 spiro atoms. The predicted molar refractivity (Wildman–Crippen MR) is 88.7 cm³/mol. The van der Waals surface area contributed by atoms with Crippen molar-refractivity contribution in [2.24, 2.45) is 0 Å². The number of ether oxygens (including phenoxy) is 1. The lowest BCUT2D eigenvalue weighted by Crippen LogP contribution is -2.57. The van der Waals surface area contributed by atoms with Crippen molar-refractivity contribution in [1.82, 2.24) is 10.2 Å². The first kappa shape index (κ1) is 18.9. The highest BCUT2D eigenvalue weighted by molar-refractivity contribution is 4.90. The minimum absolute atomic E-state index is 0.0809. The fourth-order valence-corrected chi connectivity index (χ4v) is 3.45. The molecule has 1 aliphatic rings. The van der Waals surface area contributed by atoms with E-state index in [0.29, 0.717) is 0 Å². The topological polar surface area (TPSA) is 44.7 Å². The van der Waals surface area contributed by atoms with Gasteiger partial charge in [0.1, 0.15) is 0 Å². The molecule has 0 radical (unpaired) electrons. The zero-order chi connectivity index (χ0) is 16.1. The molecule has 0 aromatic carbocycles. The summed E-state index contributed by atoms with van der Waals surface area (Å²) in [6.07, 6.45) is 3.20. The van der Waals surface area contributed by atoms with E-state index in [1.807, 2.05) is 0 Å². The molecule has 4 nitrogen and oxygen atoms in total. The van der Waals surface area contributed by atoms with Crippen molar-refractivity contribution in [3.63, 3.8) is 0 Å². The van der Waals surface area contributed by atoms with Gasteiger partial charge in [-0.25, -0.2) is 0 Å². The Bertz CT molecular complexity index is 302. The molecule has 1 saturated heterocycles. The second-order valence-corrected chi connectivity index (χ2v) is 8.08. The molecule has 0 aliphatic carbocycles. The third-order valence-electron chi connectivity index (χ3n) is 4.12. The minimum Gasteiger partial charge on any atom is -0.394 e. The lowest BCUT2D eigenvalue weighted by Gasteiger charge is -2.47. The number of morpholine rings is 1. The summed E-state index contributed by atoms with van der Waals surface area (Å²) in [7, 11) is 0. The Hall–Kier alpha value is -0.160. The van der Waals surface area contributed by atoms with E-state index in [1.165, 1.54) is 0 Å². The lowest BCUT2D eigenvalue weighted by molar-refractivity contribution is -0.180. The highest BCUT2D eigenvalue weighted by atomic mass is 16.5. The molecular weight excluding hydrogens is 264 g/mol. The number of hydrogen-bond donors (Lipinski definition) is 2. The van der Waals surface area contributed by atoms with Gasteiger partial charge in [-0.3, -0.25) is 4.90 Å². The number of aliphatic hydroxyl groups excluding tert-OH is 1. The van der Waals surface area contributed by atoms with Crippen molar-refractivity contribution in [2.75, 3.05) is 32.8 Å². The van der Waals surface area contributed by atoms with E-state index in [0.717, 1.165) is 45.4 Å². The van der Waals surface area contributed by atoms with Gasteiger partial charge in [-0.2, -0.15) is 0 Å². The maximum absolute atomic E-state index is 9.62. The van der Waals surface area contributed by atoms with Crippen LogP contribution in [0, 0.1) is 0 Å². The summed E-state index contributed by atoms with van der Waals surface area (Å²) < 4.78 is 6.12. The van der Waals surface area contributed by atoms with Crippen LogP contribution in [-0.4, -0.2) is 59.5 Å². The van der Waals surface area contributed by atoms with E-state index in [4.69, 9.17) is 4.74 Å². The van der Waals surface area contributed by atoms with Crippen molar-refractivity contribution in [3.8, 4) is 0 Å². The van der Waals surface area contributed by atoms with Crippen LogP contribution in [0.15, 0.2) is 0 Å². The molecule has 1 rings (SSSR count). The largest absolute Gasteiger partial charge is 0.394 e. The van der Waals surface area contributed by atoms with Gasteiger partial charge in [-0.05, 0) is 67.0 Å². The van der Waals surface area contributed by atoms with E-state index >= 15 is 0 Å². The lowest BCUT2D eigenvalue weighted by atomic mass is 9.95. The Morgan fingerprint density at radius 3 is 2.24 bits per heavy atom. The Morgan fingerprint density at radius 1 is 1.19 bits per heavy atom. The van der Waals surface area contributed by atoms with Gasteiger partial charge in [-0.15, -0.1) is 0 Å².